The molecule has 74 valence electrons. The monoisotopic (exact) mass is 192 g/mol. The number of hydrogen-bond donors (Lipinski definition) is 2. The summed E-state index contributed by atoms with van der Waals surface area (Å²) < 4.78 is 0. The summed E-state index contributed by atoms with van der Waals surface area (Å²) in [6, 6.07) is 6.92. The Kier molecular flexibility index (Phi) is 2.13. The fourth-order valence-electron chi connectivity index (χ4n) is 1.56. The second kappa shape index (κ2) is 3.31. The zero-order valence-corrected chi connectivity index (χ0v) is 7.90. The SMILES string of the molecule is CN1NC(c2ccc(O)cc2)CC1=O. The van der Waals surface area contributed by atoms with Crippen LogP contribution >= 0.6 is 0 Å². The predicted molar refractivity (Wildman–Crippen MR) is 51.4 cm³/mol. The average Bonchev–Trinajstić information content (AvgIpc) is 2.48. The van der Waals surface area contributed by atoms with Crippen molar-refractivity contribution < 1.29 is 9.90 Å². The maximum Gasteiger partial charge on any atom is 0.238 e. The molecule has 1 aliphatic rings. The molecule has 1 amide bonds. The quantitative estimate of drug-likeness (QED) is 0.692. The van der Waals surface area contributed by atoms with Gasteiger partial charge in [0, 0.05) is 13.5 Å². The van der Waals surface area contributed by atoms with Gasteiger partial charge in [-0.25, -0.2) is 5.43 Å². The highest BCUT2D eigenvalue weighted by atomic mass is 16.3. The molecule has 1 aliphatic heterocycles. The summed E-state index contributed by atoms with van der Waals surface area (Å²) in [7, 11) is 1.71. The maximum absolute atomic E-state index is 11.2. The van der Waals surface area contributed by atoms with Gasteiger partial charge in [0.1, 0.15) is 5.75 Å². The summed E-state index contributed by atoms with van der Waals surface area (Å²) in [6.07, 6.45) is 0.473. The molecule has 1 aromatic carbocycles. The standard InChI is InChI=1S/C10H12N2O2/c1-12-10(14)6-9(11-12)7-2-4-8(13)5-3-7/h2-5,9,11,13H,6H2,1H3. The first kappa shape index (κ1) is 9.02. The van der Waals surface area contributed by atoms with E-state index in [0.29, 0.717) is 6.42 Å². The molecule has 1 saturated heterocycles. The first-order valence-corrected chi connectivity index (χ1v) is 4.48. The van der Waals surface area contributed by atoms with Crippen LogP contribution in [-0.4, -0.2) is 23.1 Å². The van der Waals surface area contributed by atoms with Crippen molar-refractivity contribution >= 4 is 5.91 Å². The normalized spacial score (nSPS) is 21.6. The van der Waals surface area contributed by atoms with Crippen LogP contribution in [0.3, 0.4) is 0 Å². The van der Waals surface area contributed by atoms with Crippen LogP contribution in [0.25, 0.3) is 0 Å². The lowest BCUT2D eigenvalue weighted by molar-refractivity contribution is -0.128. The highest BCUT2D eigenvalue weighted by Gasteiger charge is 2.27. The molecule has 4 heteroatoms. The van der Waals surface area contributed by atoms with E-state index in [1.165, 1.54) is 5.01 Å². The Labute approximate surface area is 82.1 Å². The molecule has 1 aromatic rings. The first-order valence-electron chi connectivity index (χ1n) is 4.48. The van der Waals surface area contributed by atoms with Gasteiger partial charge in [-0.1, -0.05) is 12.1 Å². The summed E-state index contributed by atoms with van der Waals surface area (Å²) in [5.41, 5.74) is 4.06. The van der Waals surface area contributed by atoms with Crippen LogP contribution in [0.5, 0.6) is 5.75 Å². The van der Waals surface area contributed by atoms with E-state index in [-0.39, 0.29) is 17.7 Å². The summed E-state index contributed by atoms with van der Waals surface area (Å²) in [4.78, 5) is 11.2. The van der Waals surface area contributed by atoms with Crippen molar-refractivity contribution in [2.75, 3.05) is 7.05 Å². The molecule has 0 aromatic heterocycles. The minimum atomic E-state index is 0.0353. The van der Waals surface area contributed by atoms with E-state index in [2.05, 4.69) is 5.43 Å². The van der Waals surface area contributed by atoms with Gasteiger partial charge in [0.05, 0.1) is 6.04 Å². The molecule has 0 saturated carbocycles. The number of hydrazine groups is 1. The zero-order valence-electron chi connectivity index (χ0n) is 7.90. The van der Waals surface area contributed by atoms with Crippen LogP contribution in [-0.2, 0) is 4.79 Å². The number of nitrogens with zero attached hydrogens (tertiary/aromatic N) is 1. The van der Waals surface area contributed by atoms with Crippen molar-refractivity contribution in [2.24, 2.45) is 0 Å². The number of carbonyl (C=O) groups is 1. The van der Waals surface area contributed by atoms with Gasteiger partial charge in [-0.15, -0.1) is 0 Å². The summed E-state index contributed by atoms with van der Waals surface area (Å²) in [5, 5.41) is 10.6. The van der Waals surface area contributed by atoms with Crippen molar-refractivity contribution in [3.63, 3.8) is 0 Å². The Morgan fingerprint density at radius 2 is 2.07 bits per heavy atom. The Morgan fingerprint density at radius 1 is 1.43 bits per heavy atom. The maximum atomic E-state index is 11.2. The topological polar surface area (TPSA) is 52.6 Å². The Hall–Kier alpha value is -1.55. The van der Waals surface area contributed by atoms with E-state index in [4.69, 9.17) is 5.11 Å². The Balaban J connectivity index is 2.17. The van der Waals surface area contributed by atoms with Crippen LogP contribution in [0.15, 0.2) is 24.3 Å². The second-order valence-corrected chi connectivity index (χ2v) is 3.43. The number of rotatable bonds is 1. The van der Waals surface area contributed by atoms with E-state index in [1.807, 2.05) is 12.1 Å². The molecular formula is C10H12N2O2. The van der Waals surface area contributed by atoms with Gasteiger partial charge in [0.2, 0.25) is 5.91 Å². The highest BCUT2D eigenvalue weighted by Crippen LogP contribution is 2.24. The molecule has 1 atom stereocenters. The molecule has 0 aliphatic carbocycles. The fraction of sp³-hybridized carbons (Fsp3) is 0.300. The van der Waals surface area contributed by atoms with Gasteiger partial charge in [-0.2, -0.15) is 0 Å². The molecule has 1 fully saturated rings. The minimum Gasteiger partial charge on any atom is -0.508 e. The molecule has 2 N–H and O–H groups in total. The second-order valence-electron chi connectivity index (χ2n) is 3.43. The average molecular weight is 192 g/mol. The lowest BCUT2D eigenvalue weighted by atomic mass is 10.1. The van der Waals surface area contributed by atoms with Crippen LogP contribution in [0, 0.1) is 0 Å². The van der Waals surface area contributed by atoms with Crippen LogP contribution < -0.4 is 5.43 Å². The lowest BCUT2D eigenvalue weighted by Gasteiger charge is -2.12. The number of hydrogen-bond acceptors (Lipinski definition) is 3. The van der Waals surface area contributed by atoms with Gasteiger partial charge in [0.25, 0.3) is 0 Å². The molecule has 14 heavy (non-hydrogen) atoms. The van der Waals surface area contributed by atoms with Gasteiger partial charge in [0.15, 0.2) is 0 Å². The van der Waals surface area contributed by atoms with Gasteiger partial charge >= 0.3 is 0 Å². The number of aromatic hydroxyl groups is 1. The zero-order chi connectivity index (χ0) is 10.1. The van der Waals surface area contributed by atoms with E-state index < -0.39 is 0 Å². The summed E-state index contributed by atoms with van der Waals surface area (Å²) >= 11 is 0. The van der Waals surface area contributed by atoms with Crippen LogP contribution in [0.4, 0.5) is 0 Å². The molecule has 0 spiro atoms. The van der Waals surface area contributed by atoms with E-state index in [0.717, 1.165) is 5.56 Å². The van der Waals surface area contributed by atoms with Crippen LogP contribution in [0.1, 0.15) is 18.0 Å². The van der Waals surface area contributed by atoms with E-state index >= 15 is 0 Å². The van der Waals surface area contributed by atoms with E-state index in [9.17, 15) is 4.79 Å². The minimum absolute atomic E-state index is 0.0353. The van der Waals surface area contributed by atoms with Gasteiger partial charge in [-0.05, 0) is 17.7 Å². The Morgan fingerprint density at radius 3 is 2.57 bits per heavy atom. The van der Waals surface area contributed by atoms with Gasteiger partial charge < -0.3 is 5.11 Å². The molecule has 0 radical (unpaired) electrons. The first-order chi connectivity index (χ1) is 6.66. The number of amides is 1. The van der Waals surface area contributed by atoms with Crippen molar-refractivity contribution in [3.05, 3.63) is 29.8 Å². The van der Waals surface area contributed by atoms with Crippen LogP contribution in [0.2, 0.25) is 0 Å². The predicted octanol–water partition coefficient (Wildman–Crippen LogP) is 0.800. The third kappa shape index (κ3) is 1.56. The summed E-state index contributed by atoms with van der Waals surface area (Å²) in [6.45, 7) is 0. The summed E-state index contributed by atoms with van der Waals surface area (Å²) in [5.74, 6) is 0.328. The fourth-order valence-corrected chi connectivity index (χ4v) is 1.56. The van der Waals surface area contributed by atoms with Gasteiger partial charge in [-0.3, -0.25) is 9.80 Å². The largest absolute Gasteiger partial charge is 0.508 e. The highest BCUT2D eigenvalue weighted by molar-refractivity contribution is 5.78. The Bertz CT molecular complexity index is 348. The van der Waals surface area contributed by atoms with E-state index in [1.54, 1.807) is 19.2 Å². The van der Waals surface area contributed by atoms with Crippen molar-refractivity contribution in [3.8, 4) is 5.75 Å². The number of phenols is 1. The molecular weight excluding hydrogens is 180 g/mol. The van der Waals surface area contributed by atoms with Crippen molar-refractivity contribution in [2.45, 2.75) is 12.5 Å². The number of phenolic OH excluding ortho intramolecular Hbond substituents is 1. The van der Waals surface area contributed by atoms with Crippen molar-refractivity contribution in [1.29, 1.82) is 0 Å². The third-order valence-electron chi connectivity index (χ3n) is 2.40. The smallest absolute Gasteiger partial charge is 0.238 e. The molecule has 1 unspecified atom stereocenters. The molecule has 1 heterocycles. The van der Waals surface area contributed by atoms with Crippen molar-refractivity contribution in [1.82, 2.24) is 10.4 Å². The number of benzene rings is 1. The molecule has 4 nitrogen and oxygen atoms in total. The lowest BCUT2D eigenvalue weighted by Crippen LogP contribution is -2.30. The number of nitrogens with one attached hydrogen (secondary N) is 1. The third-order valence-corrected chi connectivity index (χ3v) is 2.40. The molecule has 0 bridgehead atoms. The molecule has 2 rings (SSSR count). The number of carbonyl (C=O) groups excluding carboxylic acids is 1.